The molecule has 0 atom stereocenters. The van der Waals surface area contributed by atoms with Crippen molar-refractivity contribution in [3.05, 3.63) is 11.2 Å². The number of carbonyl (C=O) groups excluding carboxylic acids is 1. The minimum absolute atomic E-state index is 0.172. The summed E-state index contributed by atoms with van der Waals surface area (Å²) in [7, 11) is -2.74. The number of rotatable bonds is 5. The second kappa shape index (κ2) is 5.34. The Kier molecular flexibility index (Phi) is 4.35. The summed E-state index contributed by atoms with van der Waals surface area (Å²) in [6.45, 7) is 1.79. The van der Waals surface area contributed by atoms with Crippen molar-refractivity contribution < 1.29 is 22.8 Å². The Morgan fingerprint density at radius 2 is 2.31 bits per heavy atom. The van der Waals surface area contributed by atoms with Crippen LogP contribution in [-0.4, -0.2) is 33.1 Å². The summed E-state index contributed by atoms with van der Waals surface area (Å²) in [5.41, 5.74) is 0.993. The number of hydrogen-bond acceptors (Lipinski definition) is 7. The van der Waals surface area contributed by atoms with Crippen LogP contribution in [-0.2, 0) is 19.6 Å². The molecule has 90 valence electrons. The van der Waals surface area contributed by atoms with Crippen LogP contribution in [0.15, 0.2) is 9.72 Å². The van der Waals surface area contributed by atoms with Crippen molar-refractivity contribution >= 4 is 27.3 Å². The Hall–Kier alpha value is -1.03. The van der Waals surface area contributed by atoms with Crippen molar-refractivity contribution in [2.75, 3.05) is 13.7 Å². The minimum Gasteiger partial charge on any atom is -0.464 e. The molecule has 1 aromatic rings. The molecule has 0 aliphatic carbocycles. The number of sulfonamides is 1. The van der Waals surface area contributed by atoms with Crippen molar-refractivity contribution in [1.82, 2.24) is 9.87 Å². The molecule has 16 heavy (non-hydrogen) atoms. The van der Waals surface area contributed by atoms with Crippen LogP contribution in [0.25, 0.3) is 0 Å². The molecule has 0 unspecified atom stereocenters. The van der Waals surface area contributed by atoms with Crippen LogP contribution < -0.4 is 4.89 Å². The van der Waals surface area contributed by atoms with E-state index in [1.807, 2.05) is 4.89 Å². The normalized spacial score (nSPS) is 11.4. The maximum atomic E-state index is 11.6. The molecule has 0 aliphatic heterocycles. The maximum absolute atomic E-state index is 11.6. The van der Waals surface area contributed by atoms with E-state index in [-0.39, 0.29) is 16.5 Å². The first-order valence-corrected chi connectivity index (χ1v) is 6.54. The van der Waals surface area contributed by atoms with Crippen molar-refractivity contribution in [2.45, 2.75) is 11.1 Å². The van der Waals surface area contributed by atoms with Gasteiger partial charge in [-0.05, 0) is 6.92 Å². The number of esters is 1. The number of aromatic nitrogens is 1. The van der Waals surface area contributed by atoms with Gasteiger partial charge in [0.1, 0.15) is 0 Å². The van der Waals surface area contributed by atoms with E-state index < -0.39 is 16.0 Å². The number of nitrogens with one attached hydrogen (secondary N) is 1. The van der Waals surface area contributed by atoms with Crippen molar-refractivity contribution in [2.24, 2.45) is 0 Å². The molecule has 0 saturated heterocycles. The van der Waals surface area contributed by atoms with Gasteiger partial charge < -0.3 is 4.74 Å². The van der Waals surface area contributed by atoms with Crippen LogP contribution in [0.5, 0.6) is 0 Å². The number of hydrogen-bond donors (Lipinski definition) is 1. The quantitative estimate of drug-likeness (QED) is 0.602. The molecule has 0 aromatic carbocycles. The van der Waals surface area contributed by atoms with Crippen LogP contribution in [0.4, 0.5) is 0 Å². The Bertz CT molecular complexity index is 467. The van der Waals surface area contributed by atoms with E-state index in [0.717, 1.165) is 18.4 Å². The Balaban J connectivity index is 3.04. The molecule has 7 nitrogen and oxygen atoms in total. The first kappa shape index (κ1) is 13.0. The summed E-state index contributed by atoms with van der Waals surface area (Å²) in [4.78, 5) is 21.3. The molecule has 9 heteroatoms. The van der Waals surface area contributed by atoms with Crippen LogP contribution >= 0.6 is 11.3 Å². The van der Waals surface area contributed by atoms with Gasteiger partial charge in [0, 0.05) is 0 Å². The Morgan fingerprint density at radius 3 is 2.88 bits per heavy atom. The highest BCUT2D eigenvalue weighted by Crippen LogP contribution is 2.20. The van der Waals surface area contributed by atoms with Gasteiger partial charge in [-0.25, -0.2) is 18.2 Å². The van der Waals surface area contributed by atoms with E-state index in [1.165, 1.54) is 5.51 Å². The molecule has 1 heterocycles. The highest BCUT2D eigenvalue weighted by atomic mass is 32.2. The molecule has 0 saturated carbocycles. The molecular formula is C7H10N2O5S2. The third-order valence-corrected chi connectivity index (χ3v) is 4.05. The van der Waals surface area contributed by atoms with Crippen LogP contribution in [0, 0.1) is 0 Å². The van der Waals surface area contributed by atoms with E-state index >= 15 is 0 Å². The lowest BCUT2D eigenvalue weighted by Gasteiger charge is -2.04. The number of methoxy groups -OCH3 is 1. The fourth-order valence-electron chi connectivity index (χ4n) is 0.833. The topological polar surface area (TPSA) is 94.6 Å². The number of thiazole rings is 1. The second-order valence-corrected chi connectivity index (χ2v) is 5.19. The highest BCUT2D eigenvalue weighted by molar-refractivity contribution is 7.91. The smallest absolute Gasteiger partial charge is 0.358 e. The van der Waals surface area contributed by atoms with Crippen LogP contribution in [0.1, 0.15) is 17.4 Å². The van der Waals surface area contributed by atoms with Crippen molar-refractivity contribution in [1.29, 1.82) is 0 Å². The lowest BCUT2D eigenvalue weighted by molar-refractivity contribution is 0.0590. The van der Waals surface area contributed by atoms with E-state index in [4.69, 9.17) is 0 Å². The van der Waals surface area contributed by atoms with Gasteiger partial charge in [-0.1, -0.05) is 4.89 Å². The van der Waals surface area contributed by atoms with Gasteiger partial charge in [0.05, 0.1) is 19.2 Å². The van der Waals surface area contributed by atoms with Crippen molar-refractivity contribution in [3.8, 4) is 0 Å². The zero-order valence-electron chi connectivity index (χ0n) is 8.59. The zero-order valence-corrected chi connectivity index (χ0v) is 10.2. The second-order valence-electron chi connectivity index (χ2n) is 2.50. The van der Waals surface area contributed by atoms with Gasteiger partial charge in [-0.2, -0.15) is 0 Å². The van der Waals surface area contributed by atoms with E-state index in [2.05, 4.69) is 14.6 Å². The monoisotopic (exact) mass is 266 g/mol. The largest absolute Gasteiger partial charge is 0.464 e. The lowest BCUT2D eigenvalue weighted by Crippen LogP contribution is -2.25. The minimum atomic E-state index is -3.88. The molecule has 1 N–H and O–H groups in total. The van der Waals surface area contributed by atoms with E-state index in [9.17, 15) is 13.2 Å². The average molecular weight is 266 g/mol. The predicted molar refractivity (Wildman–Crippen MR) is 55.4 cm³/mol. The predicted octanol–water partition coefficient (Wildman–Crippen LogP) is 0.160. The summed E-state index contributed by atoms with van der Waals surface area (Å²) in [5.74, 6) is -0.807. The summed E-state index contributed by atoms with van der Waals surface area (Å²) < 4.78 is 27.4. The molecule has 1 aromatic heterocycles. The SMILES string of the molecule is CCONS(=O)(=O)c1scnc1C(=O)OC. The van der Waals surface area contributed by atoms with Gasteiger partial charge in [0.2, 0.25) is 0 Å². The molecule has 0 spiro atoms. The number of ether oxygens (including phenoxy) is 1. The van der Waals surface area contributed by atoms with Gasteiger partial charge in [-0.15, -0.1) is 11.3 Å². The average Bonchev–Trinajstić information content (AvgIpc) is 2.75. The third-order valence-electron chi connectivity index (χ3n) is 1.47. The Labute approximate surface area is 96.4 Å². The molecule has 1 rings (SSSR count). The molecule has 0 aliphatic rings. The number of nitrogens with zero attached hydrogens (tertiary/aromatic N) is 1. The Morgan fingerprint density at radius 1 is 1.62 bits per heavy atom. The van der Waals surface area contributed by atoms with Crippen LogP contribution in [0.2, 0.25) is 0 Å². The standard InChI is InChI=1S/C7H10N2O5S2/c1-3-14-9-16(11,12)7-5(6(10)13-2)8-4-15-7/h4,9H,3H2,1-2H3. The first-order chi connectivity index (χ1) is 7.53. The van der Waals surface area contributed by atoms with E-state index in [1.54, 1.807) is 6.92 Å². The van der Waals surface area contributed by atoms with Gasteiger partial charge in [0.25, 0.3) is 10.0 Å². The lowest BCUT2D eigenvalue weighted by atomic mass is 10.5. The fourth-order valence-corrected chi connectivity index (χ4v) is 2.81. The maximum Gasteiger partial charge on any atom is 0.358 e. The zero-order chi connectivity index (χ0) is 12.2. The van der Waals surface area contributed by atoms with Gasteiger partial charge in [0.15, 0.2) is 9.90 Å². The van der Waals surface area contributed by atoms with Crippen molar-refractivity contribution in [3.63, 3.8) is 0 Å². The first-order valence-electron chi connectivity index (χ1n) is 4.18. The summed E-state index contributed by atoms with van der Waals surface area (Å²) in [6.07, 6.45) is 0. The molecule has 0 fully saturated rings. The number of carbonyl (C=O) groups is 1. The van der Waals surface area contributed by atoms with Crippen LogP contribution in [0.3, 0.4) is 0 Å². The molecule has 0 radical (unpaired) electrons. The summed E-state index contributed by atoms with van der Waals surface area (Å²) in [5, 5.41) is 0. The molecule has 0 bridgehead atoms. The third kappa shape index (κ3) is 2.76. The summed E-state index contributed by atoms with van der Waals surface area (Å²) >= 11 is 0.808. The highest BCUT2D eigenvalue weighted by Gasteiger charge is 2.26. The molecule has 0 amide bonds. The van der Waals surface area contributed by atoms with Gasteiger partial charge >= 0.3 is 5.97 Å². The summed E-state index contributed by atoms with van der Waals surface area (Å²) in [6, 6.07) is 0. The fraction of sp³-hybridized carbons (Fsp3) is 0.429. The van der Waals surface area contributed by atoms with Gasteiger partial charge in [-0.3, -0.25) is 4.84 Å². The molecular weight excluding hydrogens is 256 g/mol. The van der Waals surface area contributed by atoms with E-state index in [0.29, 0.717) is 0 Å².